The van der Waals surface area contributed by atoms with Crippen molar-refractivity contribution in [1.29, 1.82) is 0 Å². The number of hydrogen-bond acceptors (Lipinski definition) is 2. The highest BCUT2D eigenvalue weighted by Gasteiger charge is 2.29. The Bertz CT molecular complexity index is 693. The zero-order valence-corrected chi connectivity index (χ0v) is 14.5. The molecular formula is C21H25NO2. The molecule has 126 valence electrons. The molecule has 2 aromatic rings. The summed E-state index contributed by atoms with van der Waals surface area (Å²) < 4.78 is 5.75. The smallest absolute Gasteiger partial charge is 0.252 e. The summed E-state index contributed by atoms with van der Waals surface area (Å²) in [7, 11) is 0. The van der Waals surface area contributed by atoms with Crippen molar-refractivity contribution in [3.8, 4) is 0 Å². The van der Waals surface area contributed by atoms with Crippen molar-refractivity contribution in [2.45, 2.75) is 39.3 Å². The van der Waals surface area contributed by atoms with Gasteiger partial charge in [-0.2, -0.15) is 0 Å². The number of amides is 1. The van der Waals surface area contributed by atoms with Crippen molar-refractivity contribution in [2.75, 3.05) is 13.2 Å². The number of benzene rings is 2. The predicted octanol–water partition coefficient (Wildman–Crippen LogP) is 3.53. The highest BCUT2D eigenvalue weighted by molar-refractivity contribution is 5.81. The Kier molecular flexibility index (Phi) is 5.31. The van der Waals surface area contributed by atoms with Gasteiger partial charge in [0.15, 0.2) is 0 Å². The topological polar surface area (TPSA) is 29.5 Å². The van der Waals surface area contributed by atoms with Crippen molar-refractivity contribution in [3.05, 3.63) is 70.8 Å². The molecule has 3 rings (SSSR count). The fourth-order valence-electron chi connectivity index (χ4n) is 3.15. The first-order chi connectivity index (χ1) is 11.7. The van der Waals surface area contributed by atoms with Gasteiger partial charge in [0, 0.05) is 19.5 Å². The van der Waals surface area contributed by atoms with Gasteiger partial charge in [0.25, 0.3) is 5.91 Å². The maximum absolute atomic E-state index is 12.7. The summed E-state index contributed by atoms with van der Waals surface area (Å²) in [5, 5.41) is 0. The first kappa shape index (κ1) is 16.7. The molecule has 0 radical (unpaired) electrons. The Morgan fingerprint density at radius 1 is 1.08 bits per heavy atom. The van der Waals surface area contributed by atoms with Crippen LogP contribution in [-0.2, 0) is 28.9 Å². The second-order valence-electron chi connectivity index (χ2n) is 6.48. The number of carbonyl (C=O) groups excluding carboxylic acids is 1. The van der Waals surface area contributed by atoms with E-state index >= 15 is 0 Å². The Labute approximate surface area is 144 Å². The molecule has 0 N–H and O–H groups in total. The van der Waals surface area contributed by atoms with Crippen LogP contribution in [0.25, 0.3) is 0 Å². The van der Waals surface area contributed by atoms with Gasteiger partial charge in [-0.15, -0.1) is 0 Å². The molecule has 0 aromatic heterocycles. The number of nitrogens with zero attached hydrogens (tertiary/aromatic N) is 1. The summed E-state index contributed by atoms with van der Waals surface area (Å²) in [5.74, 6) is 0.0994. The number of hydrogen-bond donors (Lipinski definition) is 0. The van der Waals surface area contributed by atoms with E-state index in [1.54, 1.807) is 0 Å². The predicted molar refractivity (Wildman–Crippen MR) is 95.9 cm³/mol. The van der Waals surface area contributed by atoms with Crippen LogP contribution in [0.5, 0.6) is 0 Å². The van der Waals surface area contributed by atoms with Gasteiger partial charge in [0.05, 0.1) is 6.61 Å². The van der Waals surface area contributed by atoms with Crippen LogP contribution in [0.15, 0.2) is 48.5 Å². The van der Waals surface area contributed by atoms with E-state index in [1.165, 1.54) is 16.7 Å². The van der Waals surface area contributed by atoms with E-state index in [0.717, 1.165) is 12.0 Å². The third-order valence-corrected chi connectivity index (χ3v) is 4.58. The van der Waals surface area contributed by atoms with Gasteiger partial charge >= 0.3 is 0 Å². The van der Waals surface area contributed by atoms with Crippen molar-refractivity contribution in [1.82, 2.24) is 4.90 Å². The van der Waals surface area contributed by atoms with Crippen LogP contribution in [0.2, 0.25) is 0 Å². The van der Waals surface area contributed by atoms with E-state index in [4.69, 9.17) is 4.74 Å². The van der Waals surface area contributed by atoms with Gasteiger partial charge in [0.2, 0.25) is 0 Å². The molecule has 0 bridgehead atoms. The maximum Gasteiger partial charge on any atom is 0.252 e. The normalized spacial score (nSPS) is 18.0. The Morgan fingerprint density at radius 2 is 1.83 bits per heavy atom. The second kappa shape index (κ2) is 7.63. The van der Waals surface area contributed by atoms with E-state index in [2.05, 4.69) is 56.3 Å². The van der Waals surface area contributed by atoms with Crippen LogP contribution in [0, 0.1) is 6.92 Å². The summed E-state index contributed by atoms with van der Waals surface area (Å²) in [4.78, 5) is 14.7. The molecule has 1 unspecified atom stereocenters. The average Bonchev–Trinajstić information content (AvgIpc) is 2.59. The van der Waals surface area contributed by atoms with E-state index < -0.39 is 0 Å². The third kappa shape index (κ3) is 4.04. The first-order valence-corrected chi connectivity index (χ1v) is 8.69. The number of carbonyl (C=O) groups is 1. The lowest BCUT2D eigenvalue weighted by Crippen LogP contribution is -2.48. The lowest BCUT2D eigenvalue weighted by atomic mass is 10.0. The van der Waals surface area contributed by atoms with Crippen molar-refractivity contribution in [2.24, 2.45) is 0 Å². The highest BCUT2D eigenvalue weighted by Crippen LogP contribution is 2.17. The third-order valence-electron chi connectivity index (χ3n) is 4.58. The Balaban J connectivity index is 1.65. The van der Waals surface area contributed by atoms with Gasteiger partial charge in [-0.3, -0.25) is 4.79 Å². The minimum atomic E-state index is -0.365. The molecule has 1 fully saturated rings. The average molecular weight is 323 g/mol. The van der Waals surface area contributed by atoms with E-state index in [-0.39, 0.29) is 12.0 Å². The molecule has 0 aliphatic carbocycles. The van der Waals surface area contributed by atoms with Crippen molar-refractivity contribution >= 4 is 5.91 Å². The SMILES string of the molecule is CCc1ccc(CN2CCOC(Cc3cccc(C)c3)C2=O)cc1. The van der Waals surface area contributed by atoms with Crippen molar-refractivity contribution < 1.29 is 9.53 Å². The minimum Gasteiger partial charge on any atom is -0.366 e. The van der Waals surface area contributed by atoms with Crippen LogP contribution in [0.1, 0.15) is 29.2 Å². The second-order valence-corrected chi connectivity index (χ2v) is 6.48. The lowest BCUT2D eigenvalue weighted by molar-refractivity contribution is -0.153. The fraction of sp³-hybridized carbons (Fsp3) is 0.381. The molecule has 1 aliphatic rings. The van der Waals surface area contributed by atoms with Crippen LogP contribution >= 0.6 is 0 Å². The Morgan fingerprint density at radius 3 is 2.54 bits per heavy atom. The molecule has 24 heavy (non-hydrogen) atoms. The van der Waals surface area contributed by atoms with Gasteiger partial charge < -0.3 is 9.64 Å². The zero-order valence-electron chi connectivity index (χ0n) is 14.5. The monoisotopic (exact) mass is 323 g/mol. The number of aryl methyl sites for hydroxylation is 2. The summed E-state index contributed by atoms with van der Waals surface area (Å²) >= 11 is 0. The standard InChI is InChI=1S/C21H25NO2/c1-3-17-7-9-18(10-8-17)15-22-11-12-24-20(21(22)23)14-19-6-4-5-16(2)13-19/h4-10,13,20H,3,11-12,14-15H2,1-2H3. The molecule has 0 saturated carbocycles. The van der Waals surface area contributed by atoms with E-state index in [1.807, 2.05) is 11.0 Å². The van der Waals surface area contributed by atoms with Crippen LogP contribution in [0.3, 0.4) is 0 Å². The molecule has 1 heterocycles. The van der Waals surface area contributed by atoms with E-state index in [9.17, 15) is 4.79 Å². The largest absolute Gasteiger partial charge is 0.366 e. The summed E-state index contributed by atoms with van der Waals surface area (Å²) in [6.07, 6.45) is 1.32. The van der Waals surface area contributed by atoms with E-state index in [0.29, 0.717) is 26.1 Å². The Hall–Kier alpha value is -2.13. The quantitative estimate of drug-likeness (QED) is 0.842. The maximum atomic E-state index is 12.7. The van der Waals surface area contributed by atoms with Gasteiger partial charge in [-0.25, -0.2) is 0 Å². The van der Waals surface area contributed by atoms with Gasteiger partial charge in [-0.1, -0.05) is 61.0 Å². The molecule has 1 aliphatic heterocycles. The molecule has 3 heteroatoms. The fourth-order valence-corrected chi connectivity index (χ4v) is 3.15. The molecular weight excluding hydrogens is 298 g/mol. The molecule has 1 saturated heterocycles. The minimum absolute atomic E-state index is 0.0994. The molecule has 1 atom stereocenters. The number of rotatable bonds is 5. The summed E-state index contributed by atoms with van der Waals surface area (Å²) in [6, 6.07) is 16.8. The summed E-state index contributed by atoms with van der Waals surface area (Å²) in [6.45, 7) is 6.15. The van der Waals surface area contributed by atoms with Crippen LogP contribution in [-0.4, -0.2) is 30.1 Å². The lowest BCUT2D eigenvalue weighted by Gasteiger charge is -2.32. The number of ether oxygens (including phenoxy) is 1. The molecule has 1 amide bonds. The first-order valence-electron chi connectivity index (χ1n) is 8.69. The zero-order chi connectivity index (χ0) is 16.9. The van der Waals surface area contributed by atoms with Gasteiger partial charge in [-0.05, 0) is 30.0 Å². The molecule has 3 nitrogen and oxygen atoms in total. The summed E-state index contributed by atoms with van der Waals surface area (Å²) in [5.41, 5.74) is 4.87. The molecule has 0 spiro atoms. The van der Waals surface area contributed by atoms with Crippen molar-refractivity contribution in [3.63, 3.8) is 0 Å². The van der Waals surface area contributed by atoms with Crippen LogP contribution < -0.4 is 0 Å². The highest BCUT2D eigenvalue weighted by atomic mass is 16.5. The molecule has 2 aromatic carbocycles. The van der Waals surface area contributed by atoms with Gasteiger partial charge in [0.1, 0.15) is 6.10 Å². The van der Waals surface area contributed by atoms with Crippen LogP contribution in [0.4, 0.5) is 0 Å². The number of morpholine rings is 1.